The first-order valence-corrected chi connectivity index (χ1v) is 10.4. The third-order valence-electron chi connectivity index (χ3n) is 5.31. The number of hydrogen-bond donors (Lipinski definition) is 2. The Balaban J connectivity index is 1.36. The molecule has 8 nitrogen and oxygen atoms in total. The SMILES string of the molecule is CC(C)Cn1ccc2c(NC(=O)CC[C@H]3NC(=O)N(Cc4ccco4)C3=O)cccc21. The highest BCUT2D eigenvalue weighted by atomic mass is 16.3. The second-order valence-electron chi connectivity index (χ2n) is 8.19. The average Bonchev–Trinajstić information content (AvgIpc) is 3.44. The van der Waals surface area contributed by atoms with E-state index in [1.807, 2.05) is 30.5 Å². The van der Waals surface area contributed by atoms with Gasteiger partial charge in [0, 0.05) is 24.5 Å². The summed E-state index contributed by atoms with van der Waals surface area (Å²) < 4.78 is 7.39. The number of rotatable bonds is 8. The fourth-order valence-corrected chi connectivity index (χ4v) is 3.85. The van der Waals surface area contributed by atoms with Crippen LogP contribution < -0.4 is 10.6 Å². The molecule has 162 valence electrons. The molecule has 1 aliphatic heterocycles. The van der Waals surface area contributed by atoms with Crippen LogP contribution in [0.2, 0.25) is 0 Å². The molecule has 0 unspecified atom stereocenters. The lowest BCUT2D eigenvalue weighted by Gasteiger charge is -2.12. The van der Waals surface area contributed by atoms with Gasteiger partial charge in [-0.15, -0.1) is 0 Å². The third-order valence-corrected chi connectivity index (χ3v) is 5.31. The van der Waals surface area contributed by atoms with Crippen molar-refractivity contribution in [2.75, 3.05) is 5.32 Å². The summed E-state index contributed by atoms with van der Waals surface area (Å²) in [6.07, 6.45) is 3.87. The zero-order chi connectivity index (χ0) is 22.0. The smallest absolute Gasteiger partial charge is 0.325 e. The standard InChI is InChI=1S/C23H26N4O4/c1-15(2)13-26-11-10-17-18(6-3-7-20(17)26)24-21(28)9-8-19-22(29)27(23(30)25-19)14-16-5-4-12-31-16/h3-7,10-12,15,19H,8-9,13-14H2,1-2H3,(H,24,28)(H,25,30)/t19-/m1/s1. The van der Waals surface area contributed by atoms with Crippen LogP contribution in [-0.2, 0) is 22.7 Å². The molecule has 0 radical (unpaired) electrons. The van der Waals surface area contributed by atoms with Gasteiger partial charge >= 0.3 is 6.03 Å². The van der Waals surface area contributed by atoms with E-state index in [1.165, 1.54) is 6.26 Å². The van der Waals surface area contributed by atoms with Gasteiger partial charge in [-0.3, -0.25) is 14.5 Å². The molecule has 1 atom stereocenters. The molecule has 1 aliphatic rings. The van der Waals surface area contributed by atoms with E-state index in [1.54, 1.807) is 12.1 Å². The predicted molar refractivity (Wildman–Crippen MR) is 116 cm³/mol. The second kappa shape index (κ2) is 8.67. The lowest BCUT2D eigenvalue weighted by Crippen LogP contribution is -2.31. The summed E-state index contributed by atoms with van der Waals surface area (Å²) in [4.78, 5) is 38.3. The monoisotopic (exact) mass is 422 g/mol. The van der Waals surface area contributed by atoms with Gasteiger partial charge in [0.1, 0.15) is 11.8 Å². The molecule has 2 aromatic heterocycles. The van der Waals surface area contributed by atoms with E-state index < -0.39 is 12.1 Å². The molecule has 4 amide bonds. The van der Waals surface area contributed by atoms with Crippen LogP contribution in [0.25, 0.3) is 10.9 Å². The van der Waals surface area contributed by atoms with E-state index in [2.05, 4.69) is 29.0 Å². The van der Waals surface area contributed by atoms with E-state index in [4.69, 9.17) is 4.42 Å². The minimum absolute atomic E-state index is 0.0791. The quantitative estimate of drug-likeness (QED) is 0.541. The van der Waals surface area contributed by atoms with Crippen LogP contribution in [0.15, 0.2) is 53.3 Å². The normalized spacial score (nSPS) is 16.4. The topological polar surface area (TPSA) is 96.6 Å². The van der Waals surface area contributed by atoms with Gasteiger partial charge in [-0.05, 0) is 42.7 Å². The van der Waals surface area contributed by atoms with E-state index in [0.29, 0.717) is 11.7 Å². The van der Waals surface area contributed by atoms with E-state index in [-0.39, 0.29) is 31.2 Å². The number of anilines is 1. The number of benzene rings is 1. The van der Waals surface area contributed by atoms with Crippen molar-refractivity contribution < 1.29 is 18.8 Å². The highest BCUT2D eigenvalue weighted by Crippen LogP contribution is 2.26. The van der Waals surface area contributed by atoms with Crippen LogP contribution in [0.5, 0.6) is 0 Å². The number of furan rings is 1. The Morgan fingerprint density at radius 1 is 1.19 bits per heavy atom. The number of urea groups is 1. The van der Waals surface area contributed by atoms with Crippen LogP contribution in [0.4, 0.5) is 10.5 Å². The van der Waals surface area contributed by atoms with Crippen molar-refractivity contribution in [1.29, 1.82) is 0 Å². The van der Waals surface area contributed by atoms with Crippen LogP contribution in [0, 0.1) is 5.92 Å². The Morgan fingerprint density at radius 3 is 2.77 bits per heavy atom. The molecular weight excluding hydrogens is 396 g/mol. The Labute approximate surface area is 180 Å². The molecule has 0 spiro atoms. The molecule has 0 aliphatic carbocycles. The predicted octanol–water partition coefficient (Wildman–Crippen LogP) is 3.73. The number of amides is 4. The number of carbonyl (C=O) groups is 3. The van der Waals surface area contributed by atoms with Crippen LogP contribution >= 0.6 is 0 Å². The first-order chi connectivity index (χ1) is 14.9. The fourth-order valence-electron chi connectivity index (χ4n) is 3.85. The third kappa shape index (κ3) is 4.47. The molecule has 0 saturated carbocycles. The van der Waals surface area contributed by atoms with E-state index in [0.717, 1.165) is 28.0 Å². The lowest BCUT2D eigenvalue weighted by molar-refractivity contribution is -0.128. The molecule has 0 bridgehead atoms. The fraction of sp³-hybridized carbons (Fsp3) is 0.348. The zero-order valence-corrected chi connectivity index (χ0v) is 17.6. The van der Waals surface area contributed by atoms with Crippen molar-refractivity contribution in [3.05, 3.63) is 54.6 Å². The maximum Gasteiger partial charge on any atom is 0.325 e. The average molecular weight is 422 g/mol. The van der Waals surface area contributed by atoms with Gasteiger partial charge in [-0.25, -0.2) is 4.79 Å². The molecule has 1 saturated heterocycles. The maximum atomic E-state index is 12.6. The molecule has 3 aromatic rings. The summed E-state index contributed by atoms with van der Waals surface area (Å²) >= 11 is 0. The number of nitrogens with zero attached hydrogens (tertiary/aromatic N) is 2. The first-order valence-electron chi connectivity index (χ1n) is 10.4. The molecule has 8 heteroatoms. The van der Waals surface area contributed by atoms with Gasteiger partial charge in [0.15, 0.2) is 0 Å². The Hall–Kier alpha value is -3.55. The summed E-state index contributed by atoms with van der Waals surface area (Å²) in [5.41, 5.74) is 1.81. The minimum atomic E-state index is -0.712. The van der Waals surface area contributed by atoms with Crippen molar-refractivity contribution in [1.82, 2.24) is 14.8 Å². The van der Waals surface area contributed by atoms with E-state index >= 15 is 0 Å². The molecular formula is C23H26N4O4. The molecule has 1 fully saturated rings. The van der Waals surface area contributed by atoms with Crippen molar-refractivity contribution in [2.45, 2.75) is 45.8 Å². The summed E-state index contributed by atoms with van der Waals surface area (Å²) in [7, 11) is 0. The molecule has 1 aromatic carbocycles. The summed E-state index contributed by atoms with van der Waals surface area (Å²) in [6, 6.07) is 10.0. The van der Waals surface area contributed by atoms with Gasteiger partial charge in [-0.2, -0.15) is 0 Å². The molecule has 31 heavy (non-hydrogen) atoms. The van der Waals surface area contributed by atoms with Crippen molar-refractivity contribution in [2.24, 2.45) is 5.92 Å². The van der Waals surface area contributed by atoms with Gasteiger partial charge in [0.2, 0.25) is 5.91 Å². The zero-order valence-electron chi connectivity index (χ0n) is 17.6. The summed E-state index contributed by atoms with van der Waals surface area (Å²) in [5.74, 6) is 0.498. The Kier molecular flexibility index (Phi) is 5.79. The van der Waals surface area contributed by atoms with Gasteiger partial charge < -0.3 is 19.6 Å². The maximum absolute atomic E-state index is 12.6. The largest absolute Gasteiger partial charge is 0.467 e. The number of nitrogens with one attached hydrogen (secondary N) is 2. The molecule has 4 rings (SSSR count). The van der Waals surface area contributed by atoms with Crippen LogP contribution in [-0.4, -0.2) is 33.4 Å². The number of hydrogen-bond acceptors (Lipinski definition) is 4. The van der Waals surface area contributed by atoms with Crippen molar-refractivity contribution >= 4 is 34.4 Å². The number of carbonyl (C=O) groups excluding carboxylic acids is 3. The Bertz CT molecular complexity index is 1100. The van der Waals surface area contributed by atoms with Crippen LogP contribution in [0.3, 0.4) is 0 Å². The van der Waals surface area contributed by atoms with Gasteiger partial charge in [0.25, 0.3) is 5.91 Å². The van der Waals surface area contributed by atoms with Gasteiger partial charge in [0.05, 0.1) is 24.0 Å². The number of imide groups is 1. The summed E-state index contributed by atoms with van der Waals surface area (Å²) in [6.45, 7) is 5.31. The number of fused-ring (bicyclic) bond motifs is 1. The highest BCUT2D eigenvalue weighted by Gasteiger charge is 2.38. The summed E-state index contributed by atoms with van der Waals surface area (Å²) in [5, 5.41) is 6.57. The van der Waals surface area contributed by atoms with Crippen molar-refractivity contribution in [3.63, 3.8) is 0 Å². The number of aromatic nitrogens is 1. The first kappa shape index (κ1) is 20.7. The Morgan fingerprint density at radius 2 is 2.03 bits per heavy atom. The lowest BCUT2D eigenvalue weighted by atomic mass is 10.1. The minimum Gasteiger partial charge on any atom is -0.467 e. The van der Waals surface area contributed by atoms with E-state index in [9.17, 15) is 14.4 Å². The molecule has 2 N–H and O–H groups in total. The van der Waals surface area contributed by atoms with Crippen LogP contribution in [0.1, 0.15) is 32.4 Å². The van der Waals surface area contributed by atoms with Crippen molar-refractivity contribution in [3.8, 4) is 0 Å². The highest BCUT2D eigenvalue weighted by molar-refractivity contribution is 6.05. The second-order valence-corrected chi connectivity index (χ2v) is 8.19. The van der Waals surface area contributed by atoms with Gasteiger partial charge in [-0.1, -0.05) is 19.9 Å². The molecule has 3 heterocycles.